The first-order chi connectivity index (χ1) is 22.2. The molecule has 2 saturated heterocycles. The third kappa shape index (κ3) is 7.26. The number of carbonyl (C=O) groups is 3. The number of fused-ring (bicyclic) bond motifs is 1. The number of piperidine rings is 1. The Morgan fingerprint density at radius 2 is 1.85 bits per heavy atom. The summed E-state index contributed by atoms with van der Waals surface area (Å²) in [5.74, 6) is -0.219. The van der Waals surface area contributed by atoms with Crippen LogP contribution in [0.3, 0.4) is 0 Å². The van der Waals surface area contributed by atoms with E-state index in [2.05, 4.69) is 25.5 Å². The molecule has 0 saturated carbocycles. The molecular weight excluding hydrogens is 635 g/mol. The smallest absolute Gasteiger partial charge is 0.386 e. The minimum Gasteiger partial charge on any atom is -0.386 e. The van der Waals surface area contributed by atoms with Crippen molar-refractivity contribution in [1.29, 1.82) is 0 Å². The van der Waals surface area contributed by atoms with Gasteiger partial charge in [-0.25, -0.2) is 14.8 Å². The normalized spacial score (nSPS) is 16.9. The second-order valence-corrected chi connectivity index (χ2v) is 13.3. The lowest BCUT2D eigenvalue weighted by molar-refractivity contribution is -0.141. The third-order valence-electron chi connectivity index (χ3n) is 8.25. The molecule has 2 aliphatic heterocycles. The van der Waals surface area contributed by atoms with Gasteiger partial charge in [0.05, 0.1) is 26.4 Å². The van der Waals surface area contributed by atoms with E-state index in [0.29, 0.717) is 29.1 Å². The maximum absolute atomic E-state index is 13.0. The molecule has 3 N–H and O–H groups in total. The van der Waals surface area contributed by atoms with Crippen molar-refractivity contribution in [1.82, 2.24) is 25.2 Å². The van der Waals surface area contributed by atoms with E-state index < -0.39 is 29.4 Å². The van der Waals surface area contributed by atoms with Crippen LogP contribution in [0, 0.1) is 0 Å². The van der Waals surface area contributed by atoms with Crippen LogP contribution in [0.15, 0.2) is 48.8 Å². The van der Waals surface area contributed by atoms with E-state index in [9.17, 15) is 32.7 Å². The summed E-state index contributed by atoms with van der Waals surface area (Å²) in [5, 5.41) is 16.9. The quantitative estimate of drug-likeness (QED) is 0.238. The van der Waals surface area contributed by atoms with Crippen LogP contribution in [0.2, 0.25) is 0 Å². The number of halogens is 3. The van der Waals surface area contributed by atoms with Crippen LogP contribution < -0.4 is 15.5 Å². The number of nitrogens with one attached hydrogen (secondary N) is 2. The Hall–Kier alpha value is -4.47. The molecule has 1 aromatic carbocycles. The molecule has 0 spiro atoms. The molecule has 0 aliphatic carbocycles. The summed E-state index contributed by atoms with van der Waals surface area (Å²) in [4.78, 5) is 53.1. The van der Waals surface area contributed by atoms with Gasteiger partial charge in [0, 0.05) is 49.1 Å². The lowest BCUT2D eigenvalue weighted by Crippen LogP contribution is -2.49. The van der Waals surface area contributed by atoms with Crippen LogP contribution >= 0.6 is 11.3 Å². The van der Waals surface area contributed by atoms with Crippen LogP contribution in [0.1, 0.15) is 71.2 Å². The number of rotatable bonds is 7. The van der Waals surface area contributed by atoms with E-state index in [-0.39, 0.29) is 30.4 Å². The number of aliphatic hydroxyl groups is 1. The molecule has 0 bridgehead atoms. The summed E-state index contributed by atoms with van der Waals surface area (Å²) in [6.45, 7) is 5.79. The van der Waals surface area contributed by atoms with E-state index in [1.165, 1.54) is 16.2 Å². The van der Waals surface area contributed by atoms with Crippen molar-refractivity contribution in [3.8, 4) is 0 Å². The molecule has 5 heterocycles. The van der Waals surface area contributed by atoms with Gasteiger partial charge in [0.1, 0.15) is 11.5 Å². The molecular formula is C32H32F3N7O4S. The van der Waals surface area contributed by atoms with E-state index >= 15 is 0 Å². The second-order valence-electron chi connectivity index (χ2n) is 12.2. The average molecular weight is 668 g/mol. The number of nitrogens with zero attached hydrogens (tertiary/aromatic N) is 5. The molecule has 4 amide bonds. The number of hydrogen-bond donors (Lipinski definition) is 3. The maximum atomic E-state index is 13.0. The monoisotopic (exact) mass is 667 g/mol. The molecule has 0 unspecified atom stereocenters. The van der Waals surface area contributed by atoms with E-state index in [1.807, 2.05) is 12.1 Å². The topological polar surface area (TPSA) is 141 Å². The minimum absolute atomic E-state index is 0.0481. The number of alkyl halides is 3. The Kier molecular flexibility index (Phi) is 8.72. The highest BCUT2D eigenvalue weighted by molar-refractivity contribution is 7.18. The van der Waals surface area contributed by atoms with Crippen molar-refractivity contribution >= 4 is 50.9 Å². The van der Waals surface area contributed by atoms with Gasteiger partial charge in [-0.15, -0.1) is 11.3 Å². The first-order valence-electron chi connectivity index (χ1n) is 15.0. The zero-order valence-electron chi connectivity index (χ0n) is 25.6. The number of amides is 4. The van der Waals surface area contributed by atoms with E-state index in [0.717, 1.165) is 59.5 Å². The minimum atomic E-state index is -4.61. The molecule has 0 atom stereocenters. The van der Waals surface area contributed by atoms with Crippen molar-refractivity contribution in [3.63, 3.8) is 0 Å². The Morgan fingerprint density at radius 3 is 2.51 bits per heavy atom. The highest BCUT2D eigenvalue weighted by atomic mass is 32.1. The van der Waals surface area contributed by atoms with Crippen molar-refractivity contribution in [2.45, 2.75) is 57.3 Å². The highest BCUT2D eigenvalue weighted by Gasteiger charge is 2.33. The number of pyridine rings is 2. The Labute approximate surface area is 271 Å². The molecule has 3 aromatic heterocycles. The molecule has 2 fully saturated rings. The summed E-state index contributed by atoms with van der Waals surface area (Å²) < 4.78 is 39.6. The van der Waals surface area contributed by atoms with E-state index in [1.54, 1.807) is 32.2 Å². The van der Waals surface area contributed by atoms with Gasteiger partial charge in [-0.2, -0.15) is 13.2 Å². The lowest BCUT2D eigenvalue weighted by Gasteiger charge is -2.31. The van der Waals surface area contributed by atoms with Gasteiger partial charge in [-0.05, 0) is 81.7 Å². The molecule has 6 rings (SSSR count). The highest BCUT2D eigenvalue weighted by Crippen LogP contribution is 2.39. The number of carbonyl (C=O) groups excluding carboxylic acids is 3. The van der Waals surface area contributed by atoms with Crippen LogP contribution in [0.4, 0.5) is 29.5 Å². The van der Waals surface area contributed by atoms with Gasteiger partial charge in [0.15, 0.2) is 0 Å². The van der Waals surface area contributed by atoms with Gasteiger partial charge < -0.3 is 10.4 Å². The van der Waals surface area contributed by atoms with Gasteiger partial charge in [0.2, 0.25) is 5.91 Å². The lowest BCUT2D eigenvalue weighted by atomic mass is 9.95. The van der Waals surface area contributed by atoms with Crippen LogP contribution in [-0.4, -0.2) is 62.4 Å². The summed E-state index contributed by atoms with van der Waals surface area (Å²) in [5.41, 5.74) is -0.0176. The summed E-state index contributed by atoms with van der Waals surface area (Å²) in [6, 6.07) is 8.63. The SMILES string of the molecule is CC(C)(O)c1cc2nc(C3CCN(Cc4ccnc(N5CCC(=O)NC5=O)c4)CC3)sc2cc1NC(=O)c1ccc(C(F)(F)F)nc1. The zero-order chi connectivity index (χ0) is 33.5. The third-order valence-corrected chi connectivity index (χ3v) is 9.43. The number of urea groups is 1. The number of thiazole rings is 1. The van der Waals surface area contributed by atoms with Crippen molar-refractivity contribution in [2.75, 3.05) is 29.9 Å². The van der Waals surface area contributed by atoms with E-state index in [4.69, 9.17) is 4.98 Å². The van der Waals surface area contributed by atoms with Crippen molar-refractivity contribution in [2.24, 2.45) is 0 Å². The molecule has 0 radical (unpaired) electrons. The van der Waals surface area contributed by atoms with Crippen LogP contribution in [0.5, 0.6) is 0 Å². The molecule has 47 heavy (non-hydrogen) atoms. The molecule has 4 aromatic rings. The molecule has 246 valence electrons. The van der Waals surface area contributed by atoms with Gasteiger partial charge in [-0.1, -0.05) is 0 Å². The average Bonchev–Trinajstić information content (AvgIpc) is 3.43. The Bertz CT molecular complexity index is 1830. The first-order valence-corrected chi connectivity index (χ1v) is 15.9. The Balaban J connectivity index is 1.13. The summed E-state index contributed by atoms with van der Waals surface area (Å²) in [7, 11) is 0. The van der Waals surface area contributed by atoms with Crippen molar-refractivity contribution in [3.05, 3.63) is 76.2 Å². The number of hydrogen-bond acceptors (Lipinski definition) is 9. The zero-order valence-corrected chi connectivity index (χ0v) is 26.4. The standard InChI is InChI=1S/C32H32F3N7O4S/c1-31(2,46)21-14-23-24(15-22(21)38-28(44)20-3-4-25(37-16-20)32(33,34)35)47-29(39-23)19-6-10-41(11-7-19)17-18-5-9-36-26(13-18)42-12-8-27(43)40-30(42)45/h3-5,9,13-16,19,46H,6-8,10-12,17H2,1-2H3,(H,38,44)(H,40,43,45). The summed E-state index contributed by atoms with van der Waals surface area (Å²) >= 11 is 1.51. The number of aromatic nitrogens is 3. The first kappa shape index (κ1) is 32.5. The summed E-state index contributed by atoms with van der Waals surface area (Å²) in [6.07, 6.45) is -0.0973. The second kappa shape index (κ2) is 12.6. The van der Waals surface area contributed by atoms with Crippen molar-refractivity contribution < 1.29 is 32.7 Å². The number of imide groups is 1. The predicted octanol–water partition coefficient (Wildman–Crippen LogP) is 5.41. The van der Waals surface area contributed by atoms with Gasteiger partial charge in [-0.3, -0.25) is 29.7 Å². The van der Waals surface area contributed by atoms with Crippen LogP contribution in [-0.2, 0) is 23.1 Å². The Morgan fingerprint density at radius 1 is 1.09 bits per heavy atom. The maximum Gasteiger partial charge on any atom is 0.433 e. The molecule has 11 nitrogen and oxygen atoms in total. The fourth-order valence-corrected chi connectivity index (χ4v) is 6.91. The molecule has 15 heteroatoms. The van der Waals surface area contributed by atoms with Crippen LogP contribution in [0.25, 0.3) is 10.2 Å². The number of anilines is 2. The molecule has 2 aliphatic rings. The van der Waals surface area contributed by atoms with Gasteiger partial charge in [0.25, 0.3) is 5.91 Å². The number of benzene rings is 1. The fourth-order valence-electron chi connectivity index (χ4n) is 5.75. The number of likely N-dealkylation sites (tertiary alicyclic amines) is 1. The predicted molar refractivity (Wildman–Crippen MR) is 169 cm³/mol. The largest absolute Gasteiger partial charge is 0.433 e. The van der Waals surface area contributed by atoms with Gasteiger partial charge >= 0.3 is 12.2 Å². The fraction of sp³-hybridized carbons (Fsp3) is 0.375.